The predicted octanol–water partition coefficient (Wildman–Crippen LogP) is 1.20. The van der Waals surface area contributed by atoms with E-state index >= 15 is 0 Å². The van der Waals surface area contributed by atoms with Gasteiger partial charge in [-0.15, -0.1) is 0 Å². The van der Waals surface area contributed by atoms with Crippen LogP contribution >= 0.6 is 0 Å². The molecule has 0 rings (SSSR count). The summed E-state index contributed by atoms with van der Waals surface area (Å²) in [4.78, 5) is 13.3. The fraction of sp³-hybridized carbons (Fsp3) is 0.750. The van der Waals surface area contributed by atoms with Crippen molar-refractivity contribution < 1.29 is 14.6 Å². The molecule has 94 valence electrons. The SMILES string of the molecule is CCC(=CCN(C)CCC(C)O)C(=O)OC. The van der Waals surface area contributed by atoms with Crippen LogP contribution in [0.4, 0.5) is 0 Å². The number of carbonyl (C=O) groups is 1. The van der Waals surface area contributed by atoms with Gasteiger partial charge in [0.05, 0.1) is 13.2 Å². The van der Waals surface area contributed by atoms with Crippen LogP contribution in [0.15, 0.2) is 11.6 Å². The van der Waals surface area contributed by atoms with Crippen LogP contribution in [0.2, 0.25) is 0 Å². The standard InChI is InChI=1S/C12H23NO3/c1-5-11(12(15)16-4)7-9-13(3)8-6-10(2)14/h7,10,14H,5-6,8-9H2,1-4H3. The third kappa shape index (κ3) is 6.58. The molecule has 4 heteroatoms. The van der Waals surface area contributed by atoms with Crippen molar-refractivity contribution in [1.29, 1.82) is 0 Å². The van der Waals surface area contributed by atoms with E-state index in [9.17, 15) is 4.79 Å². The highest BCUT2D eigenvalue weighted by Gasteiger charge is 2.07. The molecule has 0 fully saturated rings. The summed E-state index contributed by atoms with van der Waals surface area (Å²) in [6, 6.07) is 0. The van der Waals surface area contributed by atoms with Crippen LogP contribution < -0.4 is 0 Å². The van der Waals surface area contributed by atoms with Gasteiger partial charge in [0.25, 0.3) is 0 Å². The van der Waals surface area contributed by atoms with Crippen LogP contribution in [-0.4, -0.2) is 49.3 Å². The topological polar surface area (TPSA) is 49.8 Å². The molecule has 0 aromatic rings. The zero-order chi connectivity index (χ0) is 12.6. The molecule has 0 saturated carbocycles. The number of aliphatic hydroxyl groups excluding tert-OH is 1. The summed E-state index contributed by atoms with van der Waals surface area (Å²) in [6.07, 6.45) is 3.02. The zero-order valence-electron chi connectivity index (χ0n) is 10.7. The minimum absolute atomic E-state index is 0.258. The summed E-state index contributed by atoms with van der Waals surface area (Å²) in [6.45, 7) is 5.21. The van der Waals surface area contributed by atoms with Crippen molar-refractivity contribution in [3.63, 3.8) is 0 Å². The second kappa shape index (κ2) is 8.30. The van der Waals surface area contributed by atoms with Crippen molar-refractivity contribution in [3.8, 4) is 0 Å². The van der Waals surface area contributed by atoms with Crippen molar-refractivity contribution in [2.24, 2.45) is 0 Å². The van der Waals surface area contributed by atoms with Gasteiger partial charge in [0, 0.05) is 18.7 Å². The van der Waals surface area contributed by atoms with E-state index in [0.29, 0.717) is 18.5 Å². The smallest absolute Gasteiger partial charge is 0.333 e. The number of rotatable bonds is 7. The molecule has 0 bridgehead atoms. The number of aliphatic hydroxyl groups is 1. The average Bonchev–Trinajstić information content (AvgIpc) is 2.26. The predicted molar refractivity (Wildman–Crippen MR) is 64.2 cm³/mol. The number of ether oxygens (including phenoxy) is 1. The van der Waals surface area contributed by atoms with E-state index in [1.165, 1.54) is 7.11 Å². The van der Waals surface area contributed by atoms with Crippen LogP contribution in [0, 0.1) is 0 Å². The first-order valence-electron chi connectivity index (χ1n) is 5.65. The summed E-state index contributed by atoms with van der Waals surface area (Å²) in [5, 5.41) is 9.13. The summed E-state index contributed by atoms with van der Waals surface area (Å²) in [5.74, 6) is -0.258. The first kappa shape index (κ1) is 15.1. The quantitative estimate of drug-likeness (QED) is 0.526. The Morgan fingerprint density at radius 3 is 2.62 bits per heavy atom. The third-order valence-electron chi connectivity index (χ3n) is 2.41. The lowest BCUT2D eigenvalue weighted by Crippen LogP contribution is -2.23. The van der Waals surface area contributed by atoms with E-state index in [1.54, 1.807) is 6.92 Å². The summed E-state index contributed by atoms with van der Waals surface area (Å²) in [5.41, 5.74) is 0.700. The maximum Gasteiger partial charge on any atom is 0.333 e. The number of nitrogens with zero attached hydrogens (tertiary/aromatic N) is 1. The van der Waals surface area contributed by atoms with Crippen LogP contribution in [0.3, 0.4) is 0 Å². The first-order chi connectivity index (χ1) is 7.51. The third-order valence-corrected chi connectivity index (χ3v) is 2.41. The molecule has 0 heterocycles. The molecular formula is C12H23NO3. The van der Waals surface area contributed by atoms with Crippen molar-refractivity contribution >= 4 is 5.97 Å². The Hall–Kier alpha value is -0.870. The van der Waals surface area contributed by atoms with Crippen LogP contribution in [0.25, 0.3) is 0 Å². The van der Waals surface area contributed by atoms with Gasteiger partial charge in [-0.1, -0.05) is 13.0 Å². The van der Waals surface area contributed by atoms with Gasteiger partial charge >= 0.3 is 5.97 Å². The lowest BCUT2D eigenvalue weighted by molar-refractivity contribution is -0.136. The Bertz CT molecular complexity index is 236. The van der Waals surface area contributed by atoms with Gasteiger partial charge < -0.3 is 14.7 Å². The highest BCUT2D eigenvalue weighted by Crippen LogP contribution is 2.03. The number of methoxy groups -OCH3 is 1. The van der Waals surface area contributed by atoms with E-state index < -0.39 is 0 Å². The molecule has 1 N–H and O–H groups in total. The second-order valence-corrected chi connectivity index (χ2v) is 3.97. The maximum atomic E-state index is 11.3. The zero-order valence-corrected chi connectivity index (χ0v) is 10.7. The molecule has 1 unspecified atom stereocenters. The average molecular weight is 229 g/mol. The van der Waals surface area contributed by atoms with Gasteiger partial charge in [-0.25, -0.2) is 4.79 Å². The highest BCUT2D eigenvalue weighted by atomic mass is 16.5. The summed E-state index contributed by atoms with van der Waals surface area (Å²) in [7, 11) is 3.35. The Morgan fingerprint density at radius 1 is 1.56 bits per heavy atom. The fourth-order valence-electron chi connectivity index (χ4n) is 1.27. The van der Waals surface area contributed by atoms with Crippen LogP contribution in [-0.2, 0) is 9.53 Å². The molecule has 0 saturated heterocycles. The van der Waals surface area contributed by atoms with E-state index in [0.717, 1.165) is 13.0 Å². The van der Waals surface area contributed by atoms with Gasteiger partial charge in [-0.05, 0) is 26.8 Å². The molecule has 0 amide bonds. The van der Waals surface area contributed by atoms with Crippen LogP contribution in [0.5, 0.6) is 0 Å². The molecule has 0 aliphatic carbocycles. The second-order valence-electron chi connectivity index (χ2n) is 3.97. The monoisotopic (exact) mass is 229 g/mol. The summed E-state index contributed by atoms with van der Waals surface area (Å²) >= 11 is 0. The Morgan fingerprint density at radius 2 is 2.19 bits per heavy atom. The molecule has 0 aromatic heterocycles. The fourth-order valence-corrected chi connectivity index (χ4v) is 1.27. The molecular weight excluding hydrogens is 206 g/mol. The number of likely N-dealkylation sites (N-methyl/N-ethyl adjacent to an activating group) is 1. The Labute approximate surface area is 97.9 Å². The van der Waals surface area contributed by atoms with Gasteiger partial charge in [0.2, 0.25) is 0 Å². The number of hydrogen-bond donors (Lipinski definition) is 1. The molecule has 0 aliphatic rings. The number of carbonyl (C=O) groups excluding carboxylic acids is 1. The minimum atomic E-state index is -0.280. The van der Waals surface area contributed by atoms with Crippen molar-refractivity contribution in [2.75, 3.05) is 27.2 Å². The first-order valence-corrected chi connectivity index (χ1v) is 5.65. The summed E-state index contributed by atoms with van der Waals surface area (Å²) < 4.78 is 4.67. The molecule has 0 spiro atoms. The Kier molecular flexibility index (Phi) is 7.85. The van der Waals surface area contributed by atoms with E-state index in [-0.39, 0.29) is 12.1 Å². The lowest BCUT2D eigenvalue weighted by Gasteiger charge is -2.15. The lowest BCUT2D eigenvalue weighted by atomic mass is 10.2. The van der Waals surface area contributed by atoms with Crippen molar-refractivity contribution in [1.82, 2.24) is 4.90 Å². The van der Waals surface area contributed by atoms with Gasteiger partial charge in [0.15, 0.2) is 0 Å². The van der Waals surface area contributed by atoms with Gasteiger partial charge in [0.1, 0.15) is 0 Å². The van der Waals surface area contributed by atoms with E-state index in [2.05, 4.69) is 9.64 Å². The van der Waals surface area contributed by atoms with Crippen molar-refractivity contribution in [2.45, 2.75) is 32.8 Å². The van der Waals surface area contributed by atoms with Crippen molar-refractivity contribution in [3.05, 3.63) is 11.6 Å². The van der Waals surface area contributed by atoms with Crippen LogP contribution in [0.1, 0.15) is 26.7 Å². The molecule has 0 radical (unpaired) electrons. The molecule has 4 nitrogen and oxygen atoms in total. The minimum Gasteiger partial charge on any atom is -0.466 e. The number of hydrogen-bond acceptors (Lipinski definition) is 4. The molecule has 0 aliphatic heterocycles. The Balaban J connectivity index is 4.06. The normalized spacial score (nSPS) is 14.0. The van der Waals surface area contributed by atoms with E-state index in [1.807, 2.05) is 20.0 Å². The molecule has 0 aromatic carbocycles. The number of esters is 1. The molecule has 16 heavy (non-hydrogen) atoms. The van der Waals surface area contributed by atoms with Gasteiger partial charge in [-0.2, -0.15) is 0 Å². The van der Waals surface area contributed by atoms with Gasteiger partial charge in [-0.3, -0.25) is 0 Å². The maximum absolute atomic E-state index is 11.3. The highest BCUT2D eigenvalue weighted by molar-refractivity contribution is 5.88. The molecule has 1 atom stereocenters. The largest absolute Gasteiger partial charge is 0.466 e. The van der Waals surface area contributed by atoms with E-state index in [4.69, 9.17) is 5.11 Å².